The SMILES string of the molecule is CCCn1nccc1C(N)C1CC1C. The van der Waals surface area contributed by atoms with Crippen LogP contribution in [-0.4, -0.2) is 9.78 Å². The monoisotopic (exact) mass is 193 g/mol. The minimum Gasteiger partial charge on any atom is -0.322 e. The van der Waals surface area contributed by atoms with Gasteiger partial charge in [-0.05, 0) is 30.7 Å². The van der Waals surface area contributed by atoms with Gasteiger partial charge in [-0.3, -0.25) is 4.68 Å². The molecule has 0 bridgehead atoms. The molecule has 3 nitrogen and oxygen atoms in total. The summed E-state index contributed by atoms with van der Waals surface area (Å²) in [7, 11) is 0. The molecule has 1 aliphatic carbocycles. The standard InChI is InChI=1S/C11H19N3/c1-3-6-14-10(4-5-13-14)11(12)9-7-8(9)2/h4-5,8-9,11H,3,6-7,12H2,1-2H3. The molecule has 3 atom stereocenters. The van der Waals surface area contributed by atoms with Crippen LogP contribution >= 0.6 is 0 Å². The van der Waals surface area contributed by atoms with Gasteiger partial charge in [0, 0.05) is 18.8 Å². The number of hydrogen-bond acceptors (Lipinski definition) is 2. The van der Waals surface area contributed by atoms with Crippen LogP contribution in [-0.2, 0) is 6.54 Å². The van der Waals surface area contributed by atoms with Crippen molar-refractivity contribution in [2.24, 2.45) is 17.6 Å². The molecule has 14 heavy (non-hydrogen) atoms. The van der Waals surface area contributed by atoms with E-state index in [-0.39, 0.29) is 6.04 Å². The molecule has 1 fully saturated rings. The van der Waals surface area contributed by atoms with Crippen molar-refractivity contribution >= 4 is 0 Å². The van der Waals surface area contributed by atoms with Gasteiger partial charge in [-0.1, -0.05) is 13.8 Å². The van der Waals surface area contributed by atoms with Gasteiger partial charge in [0.2, 0.25) is 0 Å². The third-order valence-corrected chi connectivity index (χ3v) is 3.16. The summed E-state index contributed by atoms with van der Waals surface area (Å²) in [6.45, 7) is 5.42. The Labute approximate surface area is 85.3 Å². The predicted octanol–water partition coefficient (Wildman–Crippen LogP) is 1.95. The Morgan fingerprint density at radius 3 is 3.00 bits per heavy atom. The maximum atomic E-state index is 6.21. The molecule has 2 N–H and O–H groups in total. The van der Waals surface area contributed by atoms with E-state index in [1.165, 1.54) is 12.1 Å². The highest BCUT2D eigenvalue weighted by Gasteiger charge is 2.39. The summed E-state index contributed by atoms with van der Waals surface area (Å²) in [6, 6.07) is 2.25. The van der Waals surface area contributed by atoms with Crippen molar-refractivity contribution in [3.05, 3.63) is 18.0 Å². The summed E-state index contributed by atoms with van der Waals surface area (Å²) in [5, 5.41) is 4.30. The topological polar surface area (TPSA) is 43.8 Å². The molecule has 2 rings (SSSR count). The molecule has 78 valence electrons. The lowest BCUT2D eigenvalue weighted by molar-refractivity contribution is 0.500. The molecule has 1 heterocycles. The number of hydrogen-bond donors (Lipinski definition) is 1. The van der Waals surface area contributed by atoms with E-state index in [4.69, 9.17) is 5.73 Å². The van der Waals surface area contributed by atoms with E-state index in [0.717, 1.165) is 18.9 Å². The minimum atomic E-state index is 0.194. The average Bonchev–Trinajstić information content (AvgIpc) is 2.72. The zero-order valence-corrected chi connectivity index (χ0v) is 8.98. The van der Waals surface area contributed by atoms with Gasteiger partial charge in [0.1, 0.15) is 0 Å². The number of nitrogens with two attached hydrogens (primary N) is 1. The fourth-order valence-electron chi connectivity index (χ4n) is 2.10. The number of nitrogens with zero attached hydrogens (tertiary/aromatic N) is 2. The van der Waals surface area contributed by atoms with Crippen molar-refractivity contribution in [3.8, 4) is 0 Å². The molecule has 0 aliphatic heterocycles. The smallest absolute Gasteiger partial charge is 0.0554 e. The summed E-state index contributed by atoms with van der Waals surface area (Å²) in [5.74, 6) is 1.48. The molecule has 0 aromatic carbocycles. The third-order valence-electron chi connectivity index (χ3n) is 3.16. The second kappa shape index (κ2) is 3.73. The minimum absolute atomic E-state index is 0.194. The third kappa shape index (κ3) is 1.69. The Kier molecular flexibility index (Phi) is 2.59. The quantitative estimate of drug-likeness (QED) is 0.794. The van der Waals surface area contributed by atoms with E-state index in [2.05, 4.69) is 29.7 Å². The van der Waals surface area contributed by atoms with Crippen molar-refractivity contribution in [2.75, 3.05) is 0 Å². The lowest BCUT2D eigenvalue weighted by Gasteiger charge is -2.13. The van der Waals surface area contributed by atoms with Gasteiger partial charge in [-0.25, -0.2) is 0 Å². The van der Waals surface area contributed by atoms with Crippen molar-refractivity contribution in [1.82, 2.24) is 9.78 Å². The van der Waals surface area contributed by atoms with Gasteiger partial charge in [-0.2, -0.15) is 5.10 Å². The largest absolute Gasteiger partial charge is 0.322 e. The molecule has 1 aromatic heterocycles. The second-order valence-corrected chi connectivity index (χ2v) is 4.38. The van der Waals surface area contributed by atoms with E-state index in [1.807, 2.05) is 6.20 Å². The number of rotatable bonds is 4. The fourth-order valence-corrected chi connectivity index (χ4v) is 2.10. The van der Waals surface area contributed by atoms with Crippen LogP contribution in [0.4, 0.5) is 0 Å². The first kappa shape index (κ1) is 9.71. The molecule has 1 aromatic rings. The highest BCUT2D eigenvalue weighted by molar-refractivity contribution is 5.11. The van der Waals surface area contributed by atoms with E-state index >= 15 is 0 Å². The van der Waals surface area contributed by atoms with Gasteiger partial charge in [0.25, 0.3) is 0 Å². The number of aryl methyl sites for hydroxylation is 1. The molecular formula is C11H19N3. The van der Waals surface area contributed by atoms with Gasteiger partial charge in [0.05, 0.1) is 5.69 Å². The first-order valence-electron chi connectivity index (χ1n) is 5.51. The van der Waals surface area contributed by atoms with Crippen LogP contribution in [0.2, 0.25) is 0 Å². The lowest BCUT2D eigenvalue weighted by atomic mass is 10.1. The lowest BCUT2D eigenvalue weighted by Crippen LogP contribution is -2.18. The molecule has 0 saturated heterocycles. The Morgan fingerprint density at radius 2 is 2.43 bits per heavy atom. The molecule has 0 radical (unpaired) electrons. The maximum Gasteiger partial charge on any atom is 0.0554 e. The van der Waals surface area contributed by atoms with E-state index in [1.54, 1.807) is 0 Å². The first-order valence-corrected chi connectivity index (χ1v) is 5.51. The van der Waals surface area contributed by atoms with Crippen LogP contribution in [0.3, 0.4) is 0 Å². The Balaban J connectivity index is 2.10. The molecule has 1 saturated carbocycles. The summed E-state index contributed by atoms with van der Waals surface area (Å²) in [5.41, 5.74) is 7.41. The van der Waals surface area contributed by atoms with Gasteiger partial charge >= 0.3 is 0 Å². The van der Waals surface area contributed by atoms with E-state index in [0.29, 0.717) is 5.92 Å². The summed E-state index contributed by atoms with van der Waals surface area (Å²) in [6.07, 6.45) is 4.25. The zero-order valence-electron chi connectivity index (χ0n) is 8.98. The van der Waals surface area contributed by atoms with Crippen molar-refractivity contribution in [3.63, 3.8) is 0 Å². The van der Waals surface area contributed by atoms with Crippen molar-refractivity contribution in [1.29, 1.82) is 0 Å². The summed E-state index contributed by atoms with van der Waals surface area (Å²) in [4.78, 5) is 0. The molecule has 0 amide bonds. The predicted molar refractivity (Wildman–Crippen MR) is 56.7 cm³/mol. The molecule has 1 aliphatic rings. The number of aromatic nitrogens is 2. The molecular weight excluding hydrogens is 174 g/mol. The highest BCUT2D eigenvalue weighted by Crippen LogP contribution is 2.45. The van der Waals surface area contributed by atoms with Crippen LogP contribution in [0.25, 0.3) is 0 Å². The maximum absolute atomic E-state index is 6.21. The normalized spacial score (nSPS) is 27.6. The molecule has 3 heteroatoms. The van der Waals surface area contributed by atoms with Gasteiger partial charge in [0.15, 0.2) is 0 Å². The molecule has 0 spiro atoms. The fraction of sp³-hybridized carbons (Fsp3) is 0.727. The van der Waals surface area contributed by atoms with E-state index < -0.39 is 0 Å². The average molecular weight is 193 g/mol. The van der Waals surface area contributed by atoms with E-state index in [9.17, 15) is 0 Å². The Bertz CT molecular complexity index is 305. The van der Waals surface area contributed by atoms with Gasteiger partial charge in [-0.15, -0.1) is 0 Å². The molecule has 3 unspecified atom stereocenters. The Hall–Kier alpha value is -0.830. The van der Waals surface area contributed by atoms with Crippen LogP contribution < -0.4 is 5.73 Å². The van der Waals surface area contributed by atoms with Crippen LogP contribution in [0, 0.1) is 11.8 Å². The van der Waals surface area contributed by atoms with Crippen LogP contribution in [0.15, 0.2) is 12.3 Å². The van der Waals surface area contributed by atoms with Crippen molar-refractivity contribution in [2.45, 2.75) is 39.3 Å². The van der Waals surface area contributed by atoms with Gasteiger partial charge < -0.3 is 5.73 Å². The highest BCUT2D eigenvalue weighted by atomic mass is 15.3. The Morgan fingerprint density at radius 1 is 1.71 bits per heavy atom. The second-order valence-electron chi connectivity index (χ2n) is 4.38. The zero-order chi connectivity index (χ0) is 10.1. The van der Waals surface area contributed by atoms with Crippen LogP contribution in [0.5, 0.6) is 0 Å². The summed E-state index contributed by atoms with van der Waals surface area (Å²) < 4.78 is 2.05. The van der Waals surface area contributed by atoms with Crippen molar-refractivity contribution < 1.29 is 0 Å². The first-order chi connectivity index (χ1) is 6.74. The van der Waals surface area contributed by atoms with Crippen LogP contribution in [0.1, 0.15) is 38.4 Å². The summed E-state index contributed by atoms with van der Waals surface area (Å²) >= 11 is 0.